The summed E-state index contributed by atoms with van der Waals surface area (Å²) < 4.78 is 0. The Morgan fingerprint density at radius 1 is 1.41 bits per heavy atom. The molecule has 0 saturated heterocycles. The molecule has 0 unspecified atom stereocenters. The maximum absolute atomic E-state index is 6.13. The highest BCUT2D eigenvalue weighted by atomic mass is 35.5. The Balaban J connectivity index is 3.15. The first-order chi connectivity index (χ1) is 7.93. The lowest BCUT2D eigenvalue weighted by Gasteiger charge is -2.30. The first-order valence-corrected chi connectivity index (χ1v) is 6.58. The van der Waals surface area contributed by atoms with E-state index < -0.39 is 0 Å². The molecule has 1 aromatic rings. The number of rotatable bonds is 5. The number of benzene rings is 1. The second-order valence-corrected chi connectivity index (χ2v) is 5.27. The summed E-state index contributed by atoms with van der Waals surface area (Å²) in [6, 6.07) is 5.67. The quantitative estimate of drug-likeness (QED) is 0.796. The fourth-order valence-corrected chi connectivity index (χ4v) is 2.18. The van der Waals surface area contributed by atoms with Crippen LogP contribution in [0.3, 0.4) is 0 Å². The zero-order chi connectivity index (χ0) is 13.1. The molecular weight excluding hydrogens is 252 g/mol. The maximum atomic E-state index is 6.13. The zero-order valence-electron chi connectivity index (χ0n) is 10.5. The average molecular weight is 271 g/mol. The third-order valence-corrected chi connectivity index (χ3v) is 3.78. The van der Waals surface area contributed by atoms with Gasteiger partial charge in [0.05, 0.1) is 10.6 Å². The number of halogens is 1. The molecule has 94 valence electrons. The molecule has 0 aliphatic rings. The van der Waals surface area contributed by atoms with Crippen LogP contribution in [0.15, 0.2) is 18.2 Å². The number of thiocarbonyl (C=S) groups is 1. The lowest BCUT2D eigenvalue weighted by atomic mass is 9.94. The molecular formula is C13H19ClN2S. The van der Waals surface area contributed by atoms with Crippen LogP contribution < -0.4 is 11.1 Å². The second-order valence-electron chi connectivity index (χ2n) is 4.42. The van der Waals surface area contributed by atoms with Crippen molar-refractivity contribution in [3.05, 3.63) is 28.8 Å². The Hall–Kier alpha value is -0.800. The minimum Gasteiger partial charge on any atom is -0.389 e. The van der Waals surface area contributed by atoms with Gasteiger partial charge in [0.25, 0.3) is 0 Å². The van der Waals surface area contributed by atoms with E-state index >= 15 is 0 Å². The molecule has 0 saturated carbocycles. The molecule has 4 heteroatoms. The van der Waals surface area contributed by atoms with Crippen LogP contribution in [0, 0.1) is 0 Å². The van der Waals surface area contributed by atoms with Crippen LogP contribution in [0.1, 0.15) is 39.2 Å². The van der Waals surface area contributed by atoms with Crippen molar-refractivity contribution in [2.24, 2.45) is 5.73 Å². The molecule has 0 radical (unpaired) electrons. The van der Waals surface area contributed by atoms with Crippen molar-refractivity contribution in [3.63, 3.8) is 0 Å². The average Bonchev–Trinajstić information content (AvgIpc) is 2.28. The summed E-state index contributed by atoms with van der Waals surface area (Å²) >= 11 is 11.2. The summed E-state index contributed by atoms with van der Waals surface area (Å²) in [6.45, 7) is 6.49. The van der Waals surface area contributed by atoms with Gasteiger partial charge < -0.3 is 11.1 Å². The van der Waals surface area contributed by atoms with E-state index in [-0.39, 0.29) is 5.54 Å². The van der Waals surface area contributed by atoms with Gasteiger partial charge in [-0.05, 0) is 31.9 Å². The molecule has 17 heavy (non-hydrogen) atoms. The van der Waals surface area contributed by atoms with Gasteiger partial charge in [-0.3, -0.25) is 0 Å². The molecule has 0 spiro atoms. The fourth-order valence-electron chi connectivity index (χ4n) is 1.63. The van der Waals surface area contributed by atoms with Crippen LogP contribution in [0.4, 0.5) is 5.69 Å². The summed E-state index contributed by atoms with van der Waals surface area (Å²) in [6.07, 6.45) is 2.04. The normalized spacial score (nSPS) is 11.3. The molecule has 1 rings (SSSR count). The Bertz CT molecular complexity index is 414. The van der Waals surface area contributed by atoms with Gasteiger partial charge in [0, 0.05) is 11.2 Å². The van der Waals surface area contributed by atoms with Gasteiger partial charge in [0.2, 0.25) is 0 Å². The van der Waals surface area contributed by atoms with Crippen molar-refractivity contribution in [2.45, 2.75) is 39.2 Å². The van der Waals surface area contributed by atoms with Crippen molar-refractivity contribution in [1.29, 1.82) is 0 Å². The molecule has 3 N–H and O–H groups in total. The largest absolute Gasteiger partial charge is 0.389 e. The molecule has 0 bridgehead atoms. The third kappa shape index (κ3) is 3.33. The van der Waals surface area contributed by atoms with Crippen LogP contribution in [0.2, 0.25) is 5.02 Å². The molecule has 0 heterocycles. The monoisotopic (exact) mass is 270 g/mol. The number of nitrogens with two attached hydrogens (primary N) is 1. The Morgan fingerprint density at radius 3 is 2.47 bits per heavy atom. The van der Waals surface area contributed by atoms with Crippen LogP contribution in [-0.2, 0) is 0 Å². The molecule has 0 aliphatic carbocycles. The predicted octanol–water partition coefficient (Wildman–Crippen LogP) is 3.96. The van der Waals surface area contributed by atoms with Crippen molar-refractivity contribution in [1.82, 2.24) is 0 Å². The molecule has 0 amide bonds. The second kappa shape index (κ2) is 5.69. The van der Waals surface area contributed by atoms with Crippen LogP contribution in [0.5, 0.6) is 0 Å². The van der Waals surface area contributed by atoms with Gasteiger partial charge in [0.1, 0.15) is 4.99 Å². The van der Waals surface area contributed by atoms with Gasteiger partial charge in [-0.1, -0.05) is 43.7 Å². The van der Waals surface area contributed by atoms with E-state index in [4.69, 9.17) is 29.6 Å². The van der Waals surface area contributed by atoms with E-state index in [1.165, 1.54) is 0 Å². The zero-order valence-corrected chi connectivity index (χ0v) is 12.1. The summed E-state index contributed by atoms with van der Waals surface area (Å²) in [5.41, 5.74) is 7.40. The van der Waals surface area contributed by atoms with Crippen LogP contribution >= 0.6 is 23.8 Å². The van der Waals surface area contributed by atoms with E-state index in [0.29, 0.717) is 10.0 Å². The van der Waals surface area contributed by atoms with Crippen LogP contribution in [-0.4, -0.2) is 10.5 Å². The van der Waals surface area contributed by atoms with E-state index in [2.05, 4.69) is 26.1 Å². The van der Waals surface area contributed by atoms with Crippen molar-refractivity contribution >= 4 is 34.5 Å². The number of hydrogen-bond donors (Lipinski definition) is 2. The lowest BCUT2D eigenvalue weighted by Crippen LogP contribution is -2.34. The summed E-state index contributed by atoms with van der Waals surface area (Å²) in [5, 5.41) is 4.09. The predicted molar refractivity (Wildman–Crippen MR) is 79.9 cm³/mol. The molecule has 0 aliphatic heterocycles. The number of anilines is 1. The van der Waals surface area contributed by atoms with Crippen molar-refractivity contribution < 1.29 is 0 Å². The van der Waals surface area contributed by atoms with Gasteiger partial charge >= 0.3 is 0 Å². The summed E-state index contributed by atoms with van der Waals surface area (Å²) in [5.74, 6) is 0. The Kier molecular flexibility index (Phi) is 4.78. The standard InChI is InChI=1S/C13H19ClN2S/c1-4-13(3,5-2)16-10-8-6-7-9(14)11(10)12(15)17/h6-8,16H,4-5H2,1-3H3,(H2,15,17). The Morgan fingerprint density at radius 2 is 2.00 bits per heavy atom. The van der Waals surface area contributed by atoms with Gasteiger partial charge in [-0.15, -0.1) is 0 Å². The number of nitrogens with one attached hydrogen (secondary N) is 1. The Labute approximate surface area is 114 Å². The molecule has 0 fully saturated rings. The van der Waals surface area contributed by atoms with Crippen molar-refractivity contribution in [2.75, 3.05) is 5.32 Å². The lowest BCUT2D eigenvalue weighted by molar-refractivity contribution is 0.478. The minimum atomic E-state index is 0.0320. The van der Waals surface area contributed by atoms with Crippen LogP contribution in [0.25, 0.3) is 0 Å². The van der Waals surface area contributed by atoms with E-state index in [1.54, 1.807) is 6.07 Å². The first kappa shape index (κ1) is 14.3. The fraction of sp³-hybridized carbons (Fsp3) is 0.462. The number of hydrogen-bond acceptors (Lipinski definition) is 2. The molecule has 1 aromatic carbocycles. The molecule has 2 nitrogen and oxygen atoms in total. The van der Waals surface area contributed by atoms with Gasteiger partial charge in [-0.25, -0.2) is 0 Å². The van der Waals surface area contributed by atoms with E-state index in [0.717, 1.165) is 24.1 Å². The molecule has 0 atom stereocenters. The highest BCUT2D eigenvalue weighted by Crippen LogP contribution is 2.28. The summed E-state index contributed by atoms with van der Waals surface area (Å²) in [7, 11) is 0. The maximum Gasteiger partial charge on any atom is 0.107 e. The van der Waals surface area contributed by atoms with Crippen molar-refractivity contribution in [3.8, 4) is 0 Å². The van der Waals surface area contributed by atoms with E-state index in [1.807, 2.05) is 12.1 Å². The third-order valence-electron chi connectivity index (χ3n) is 3.26. The summed E-state index contributed by atoms with van der Waals surface area (Å²) in [4.78, 5) is 0.327. The highest BCUT2D eigenvalue weighted by Gasteiger charge is 2.21. The van der Waals surface area contributed by atoms with Gasteiger partial charge in [0.15, 0.2) is 0 Å². The first-order valence-electron chi connectivity index (χ1n) is 5.80. The molecule has 0 aromatic heterocycles. The minimum absolute atomic E-state index is 0.0320. The smallest absolute Gasteiger partial charge is 0.107 e. The topological polar surface area (TPSA) is 38.0 Å². The SMILES string of the molecule is CCC(C)(CC)Nc1cccc(Cl)c1C(N)=S. The van der Waals surface area contributed by atoms with E-state index in [9.17, 15) is 0 Å². The highest BCUT2D eigenvalue weighted by molar-refractivity contribution is 7.80. The van der Waals surface area contributed by atoms with Gasteiger partial charge in [-0.2, -0.15) is 0 Å².